The van der Waals surface area contributed by atoms with Crippen LogP contribution in [0.25, 0.3) is 0 Å². The van der Waals surface area contributed by atoms with E-state index in [0.29, 0.717) is 23.8 Å². The summed E-state index contributed by atoms with van der Waals surface area (Å²) in [6.45, 7) is -0.451. The maximum atomic E-state index is 12.8. The Morgan fingerprint density at radius 2 is 2.03 bits per heavy atom. The molecule has 2 aliphatic carbocycles. The van der Waals surface area contributed by atoms with Gasteiger partial charge in [-0.1, -0.05) is 25.0 Å². The zero-order chi connectivity index (χ0) is 21.4. The molecule has 4 aliphatic rings. The number of rotatable bonds is 5. The van der Waals surface area contributed by atoms with Gasteiger partial charge in [-0.05, 0) is 37.8 Å². The quantitative estimate of drug-likeness (QED) is 0.550. The van der Waals surface area contributed by atoms with E-state index in [2.05, 4.69) is 20.5 Å². The van der Waals surface area contributed by atoms with Crippen molar-refractivity contribution in [3.63, 3.8) is 0 Å². The minimum atomic E-state index is -2.82. The second-order valence-electron chi connectivity index (χ2n) is 9.30. The van der Waals surface area contributed by atoms with Crippen molar-refractivity contribution in [1.29, 1.82) is 0 Å². The van der Waals surface area contributed by atoms with Gasteiger partial charge in [0.2, 0.25) is 0 Å². The van der Waals surface area contributed by atoms with Crippen LogP contribution in [0, 0.1) is 11.3 Å². The number of benzene rings is 1. The maximum Gasteiger partial charge on any atom is 0.387 e. The number of fused-ring (bicyclic) bond motifs is 2. The molecule has 1 aromatic rings. The van der Waals surface area contributed by atoms with Gasteiger partial charge in [0, 0.05) is 50.2 Å². The molecule has 170 valence electrons. The van der Waals surface area contributed by atoms with E-state index in [1.165, 1.54) is 25.7 Å². The summed E-state index contributed by atoms with van der Waals surface area (Å²) in [6.07, 6.45) is 7.50. The Hall–Kier alpha value is -2.09. The topological polar surface area (TPSA) is 58.1 Å². The Balaban J connectivity index is 1.22. The number of anilines is 1. The molecule has 6 nitrogen and oxygen atoms in total. The van der Waals surface area contributed by atoms with Crippen LogP contribution >= 0.6 is 0 Å². The van der Waals surface area contributed by atoms with Gasteiger partial charge >= 0.3 is 6.61 Å². The highest BCUT2D eigenvalue weighted by molar-refractivity contribution is 5.81. The van der Waals surface area contributed by atoms with Crippen LogP contribution in [0.4, 0.5) is 14.5 Å². The van der Waals surface area contributed by atoms with E-state index in [9.17, 15) is 8.78 Å². The van der Waals surface area contributed by atoms with Crippen molar-refractivity contribution in [2.75, 3.05) is 31.6 Å². The second-order valence-corrected chi connectivity index (χ2v) is 9.30. The smallest absolute Gasteiger partial charge is 0.387 e. The van der Waals surface area contributed by atoms with Crippen molar-refractivity contribution in [2.45, 2.75) is 63.3 Å². The van der Waals surface area contributed by atoms with Gasteiger partial charge in [0.25, 0.3) is 0 Å². The molecule has 0 bridgehead atoms. The molecule has 0 amide bonds. The molecule has 2 heterocycles. The summed E-state index contributed by atoms with van der Waals surface area (Å²) >= 11 is 0. The summed E-state index contributed by atoms with van der Waals surface area (Å²) in [7, 11) is 1.82. The predicted molar refractivity (Wildman–Crippen MR) is 116 cm³/mol. The Labute approximate surface area is 182 Å². The zero-order valence-electron chi connectivity index (χ0n) is 18.0. The van der Waals surface area contributed by atoms with Crippen LogP contribution in [0.15, 0.2) is 29.3 Å². The van der Waals surface area contributed by atoms with Gasteiger partial charge < -0.3 is 25.0 Å². The van der Waals surface area contributed by atoms with Crippen LogP contribution < -0.4 is 20.3 Å². The van der Waals surface area contributed by atoms with Crippen LogP contribution in [0.1, 0.15) is 38.5 Å². The van der Waals surface area contributed by atoms with Gasteiger partial charge in [-0.25, -0.2) is 0 Å². The average molecular weight is 435 g/mol. The molecule has 8 heteroatoms. The van der Waals surface area contributed by atoms with Crippen LogP contribution in [-0.2, 0) is 4.74 Å². The molecule has 1 aromatic carbocycles. The summed E-state index contributed by atoms with van der Waals surface area (Å²) in [4.78, 5) is 6.61. The molecular formula is C23H32F2N4O2. The van der Waals surface area contributed by atoms with E-state index in [-0.39, 0.29) is 17.2 Å². The maximum absolute atomic E-state index is 12.8. The number of guanidine groups is 1. The normalized spacial score (nSPS) is 31.7. The lowest BCUT2D eigenvalue weighted by atomic mass is 9.54. The van der Waals surface area contributed by atoms with Crippen molar-refractivity contribution >= 4 is 11.6 Å². The third-order valence-electron chi connectivity index (χ3n) is 7.75. The minimum Gasteiger partial charge on any atom is -0.433 e. The van der Waals surface area contributed by atoms with Crippen molar-refractivity contribution in [1.82, 2.24) is 10.6 Å². The zero-order valence-corrected chi connectivity index (χ0v) is 18.0. The molecule has 5 rings (SSSR count). The van der Waals surface area contributed by atoms with E-state index in [1.807, 2.05) is 19.2 Å². The fourth-order valence-corrected chi connectivity index (χ4v) is 6.43. The predicted octanol–water partition coefficient (Wildman–Crippen LogP) is 3.38. The number of nitrogens with one attached hydrogen (secondary N) is 2. The number of nitrogens with zero attached hydrogens (tertiary/aromatic N) is 2. The third-order valence-corrected chi connectivity index (χ3v) is 7.75. The van der Waals surface area contributed by atoms with Gasteiger partial charge in [-0.2, -0.15) is 8.78 Å². The van der Waals surface area contributed by atoms with Crippen LogP contribution in [-0.4, -0.2) is 57.5 Å². The Morgan fingerprint density at radius 1 is 1.23 bits per heavy atom. The highest BCUT2D eigenvalue weighted by Gasteiger charge is 2.65. The molecule has 4 atom stereocenters. The molecule has 1 spiro atoms. The SMILES string of the molecule is CN=C(NC1CCN(c2ccccc2OC(F)F)C1)NC1C2CCOC2C12CCCC2. The lowest BCUT2D eigenvalue weighted by molar-refractivity contribution is -0.125. The van der Waals surface area contributed by atoms with Crippen LogP contribution in [0.5, 0.6) is 5.75 Å². The fraction of sp³-hybridized carbons (Fsp3) is 0.696. The Morgan fingerprint density at radius 3 is 2.81 bits per heavy atom. The van der Waals surface area contributed by atoms with Crippen molar-refractivity contribution < 1.29 is 18.3 Å². The fourth-order valence-electron chi connectivity index (χ4n) is 6.43. The van der Waals surface area contributed by atoms with E-state index in [0.717, 1.165) is 38.5 Å². The van der Waals surface area contributed by atoms with Gasteiger partial charge in [-0.3, -0.25) is 4.99 Å². The molecular weight excluding hydrogens is 402 g/mol. The lowest BCUT2D eigenvalue weighted by Gasteiger charge is -2.57. The number of aliphatic imine (C=N–C) groups is 1. The first-order chi connectivity index (χ1) is 15.1. The molecule has 2 saturated heterocycles. The Bertz CT molecular complexity index is 815. The first kappa shape index (κ1) is 20.8. The lowest BCUT2D eigenvalue weighted by Crippen LogP contribution is -2.69. The van der Waals surface area contributed by atoms with Crippen molar-refractivity contribution in [3.05, 3.63) is 24.3 Å². The molecule has 2 aliphatic heterocycles. The van der Waals surface area contributed by atoms with Gasteiger partial charge in [0.1, 0.15) is 5.75 Å². The molecule has 4 fully saturated rings. The summed E-state index contributed by atoms with van der Waals surface area (Å²) < 4.78 is 36.4. The Kier molecular flexibility index (Phi) is 5.67. The number of halogens is 2. The van der Waals surface area contributed by atoms with Crippen molar-refractivity contribution in [2.24, 2.45) is 16.3 Å². The highest BCUT2D eigenvalue weighted by Crippen LogP contribution is 2.60. The molecule has 31 heavy (non-hydrogen) atoms. The standard InChI is InChI=1S/C23H32F2N4O2/c1-26-22(28-19-16-9-13-30-20(16)23(19)10-4-5-11-23)27-15-8-12-29(14-15)17-6-2-3-7-18(17)31-21(24)25/h2-3,6-7,15-16,19-21H,4-5,8-14H2,1H3,(H2,26,27,28). The number of ether oxygens (including phenoxy) is 2. The van der Waals surface area contributed by atoms with E-state index >= 15 is 0 Å². The minimum absolute atomic E-state index is 0.195. The van der Waals surface area contributed by atoms with Gasteiger partial charge in [-0.15, -0.1) is 0 Å². The third kappa shape index (κ3) is 3.73. The summed E-state index contributed by atoms with van der Waals surface area (Å²) in [5.41, 5.74) is 0.983. The molecule has 0 aromatic heterocycles. The van der Waals surface area contributed by atoms with Crippen LogP contribution in [0.3, 0.4) is 0 Å². The van der Waals surface area contributed by atoms with E-state index < -0.39 is 6.61 Å². The van der Waals surface area contributed by atoms with Crippen LogP contribution in [0.2, 0.25) is 0 Å². The van der Waals surface area contributed by atoms with Gasteiger partial charge in [0.15, 0.2) is 5.96 Å². The number of hydrogen-bond donors (Lipinski definition) is 2. The van der Waals surface area contributed by atoms with Crippen molar-refractivity contribution in [3.8, 4) is 5.75 Å². The highest BCUT2D eigenvalue weighted by atomic mass is 19.3. The molecule has 0 radical (unpaired) electrons. The number of alkyl halides is 2. The number of hydrogen-bond acceptors (Lipinski definition) is 4. The molecule has 4 unspecified atom stereocenters. The summed E-state index contributed by atoms with van der Waals surface area (Å²) in [5, 5.41) is 7.32. The first-order valence-electron chi connectivity index (χ1n) is 11.5. The second kappa shape index (κ2) is 8.45. The average Bonchev–Trinajstić information content (AvgIpc) is 3.51. The van der Waals surface area contributed by atoms with Gasteiger partial charge in [0.05, 0.1) is 11.8 Å². The molecule has 2 N–H and O–H groups in total. The largest absolute Gasteiger partial charge is 0.433 e. The van der Waals surface area contributed by atoms with E-state index in [4.69, 9.17) is 9.47 Å². The summed E-state index contributed by atoms with van der Waals surface area (Å²) in [6, 6.07) is 7.63. The van der Waals surface area contributed by atoms with E-state index in [1.54, 1.807) is 12.1 Å². The summed E-state index contributed by atoms with van der Waals surface area (Å²) in [5.74, 6) is 1.64. The monoisotopic (exact) mass is 434 g/mol. The molecule has 2 saturated carbocycles. The number of para-hydroxylation sites is 2. The first-order valence-corrected chi connectivity index (χ1v) is 11.5.